The van der Waals surface area contributed by atoms with Gasteiger partial charge in [0.05, 0.1) is 28.3 Å². The molecule has 0 heterocycles. The molecule has 0 aliphatic carbocycles. The summed E-state index contributed by atoms with van der Waals surface area (Å²) in [6, 6.07) is 25.7. The molecule has 0 fully saturated rings. The van der Waals surface area contributed by atoms with Crippen LogP contribution in [-0.4, -0.2) is 28.6 Å². The average molecular weight is 569 g/mol. The van der Waals surface area contributed by atoms with Crippen molar-refractivity contribution < 1.29 is 27.4 Å². The Labute approximate surface area is 229 Å². The molecule has 0 radical (unpaired) electrons. The molecule has 2 unspecified atom stereocenters. The maximum absolute atomic E-state index is 12.2. The lowest BCUT2D eigenvalue weighted by Gasteiger charge is -2.22. The van der Waals surface area contributed by atoms with E-state index in [4.69, 9.17) is 0 Å². The van der Waals surface area contributed by atoms with E-state index in [0.717, 1.165) is 20.3 Å². The highest BCUT2D eigenvalue weighted by molar-refractivity contribution is 7.99. The lowest BCUT2D eigenvalue weighted by atomic mass is 10.1. The third kappa shape index (κ3) is 6.32. The standard InChI is InChI=1S/C27H24N2O6S3/c1-18-3-7-20(8-4-18)28(37(32)33)21-11-13-23(14-12-21)36-24-15-16-26(25(17-24)27(30)31)29(38(34)35)22-9-5-19(2)6-10-22/h3-17H,1-2H3,(H,30,31)(H,32,33)(H,34,35). The molecule has 2 atom stereocenters. The van der Waals surface area contributed by atoms with E-state index < -0.39 is 28.5 Å². The van der Waals surface area contributed by atoms with Crippen LogP contribution in [0.2, 0.25) is 0 Å². The summed E-state index contributed by atoms with van der Waals surface area (Å²) in [5.74, 6) is -1.24. The van der Waals surface area contributed by atoms with Crippen LogP contribution in [0.3, 0.4) is 0 Å². The van der Waals surface area contributed by atoms with Gasteiger partial charge in [-0.3, -0.25) is 9.11 Å². The Balaban J connectivity index is 1.62. The van der Waals surface area contributed by atoms with Gasteiger partial charge >= 0.3 is 5.97 Å². The van der Waals surface area contributed by atoms with Crippen LogP contribution in [0, 0.1) is 13.8 Å². The molecule has 0 aliphatic rings. The van der Waals surface area contributed by atoms with Crippen molar-refractivity contribution in [2.75, 3.05) is 8.61 Å². The fourth-order valence-electron chi connectivity index (χ4n) is 3.72. The van der Waals surface area contributed by atoms with Crippen LogP contribution in [-0.2, 0) is 22.5 Å². The molecule has 196 valence electrons. The van der Waals surface area contributed by atoms with E-state index in [2.05, 4.69) is 0 Å². The Morgan fingerprint density at radius 1 is 0.658 bits per heavy atom. The van der Waals surface area contributed by atoms with Crippen LogP contribution >= 0.6 is 11.8 Å². The van der Waals surface area contributed by atoms with Crippen molar-refractivity contribution in [2.45, 2.75) is 23.6 Å². The smallest absolute Gasteiger partial charge is 0.337 e. The van der Waals surface area contributed by atoms with E-state index in [0.29, 0.717) is 22.0 Å². The summed E-state index contributed by atoms with van der Waals surface area (Å²) in [7, 11) is 0. The predicted octanol–water partition coefficient (Wildman–Crippen LogP) is 6.70. The molecule has 3 N–H and O–H groups in total. The molecule has 38 heavy (non-hydrogen) atoms. The summed E-state index contributed by atoms with van der Waals surface area (Å²) in [4.78, 5) is 13.5. The van der Waals surface area contributed by atoms with Crippen LogP contribution in [0.4, 0.5) is 22.7 Å². The molecule has 8 nitrogen and oxygen atoms in total. The molecule has 11 heteroatoms. The number of hydrogen-bond donors (Lipinski definition) is 3. The Bertz CT molecular complexity index is 1490. The van der Waals surface area contributed by atoms with E-state index in [1.807, 2.05) is 26.0 Å². The summed E-state index contributed by atoms with van der Waals surface area (Å²) in [6.07, 6.45) is 0. The van der Waals surface area contributed by atoms with Gasteiger partial charge in [-0.1, -0.05) is 47.2 Å². The maximum atomic E-state index is 12.2. The molecule has 4 aromatic rings. The first kappa shape index (κ1) is 27.6. The lowest BCUT2D eigenvalue weighted by Crippen LogP contribution is -2.21. The van der Waals surface area contributed by atoms with Gasteiger partial charge in [0.15, 0.2) is 0 Å². The number of carboxylic acid groups (broad SMARTS) is 1. The second-order valence-electron chi connectivity index (χ2n) is 8.30. The van der Waals surface area contributed by atoms with Gasteiger partial charge in [-0.05, 0) is 80.6 Å². The zero-order valence-electron chi connectivity index (χ0n) is 20.3. The minimum Gasteiger partial charge on any atom is -0.478 e. The Kier molecular flexibility index (Phi) is 8.65. The second-order valence-corrected chi connectivity index (χ2v) is 11.1. The van der Waals surface area contributed by atoms with Crippen LogP contribution in [0.15, 0.2) is 101 Å². The topological polar surface area (TPSA) is 118 Å². The fraction of sp³-hybridized carbons (Fsp3) is 0.0741. The van der Waals surface area contributed by atoms with Gasteiger partial charge in [-0.15, -0.1) is 0 Å². The predicted molar refractivity (Wildman–Crippen MR) is 152 cm³/mol. The van der Waals surface area contributed by atoms with Crippen LogP contribution < -0.4 is 8.61 Å². The summed E-state index contributed by atoms with van der Waals surface area (Å²) in [6.45, 7) is 3.82. The van der Waals surface area contributed by atoms with Gasteiger partial charge in [0, 0.05) is 9.79 Å². The monoisotopic (exact) mass is 568 g/mol. The number of aryl methyl sites for hydroxylation is 2. The highest BCUT2D eigenvalue weighted by Crippen LogP contribution is 2.36. The van der Waals surface area contributed by atoms with Gasteiger partial charge in [0.1, 0.15) is 0 Å². The average Bonchev–Trinajstić information content (AvgIpc) is 2.88. The van der Waals surface area contributed by atoms with Crippen molar-refractivity contribution in [3.05, 3.63) is 108 Å². The van der Waals surface area contributed by atoms with E-state index in [1.54, 1.807) is 66.7 Å². The van der Waals surface area contributed by atoms with E-state index >= 15 is 0 Å². The zero-order valence-corrected chi connectivity index (χ0v) is 22.8. The summed E-state index contributed by atoms with van der Waals surface area (Å²) in [5.41, 5.74) is 3.41. The van der Waals surface area contributed by atoms with Crippen LogP contribution in [0.1, 0.15) is 21.5 Å². The molecule has 0 saturated carbocycles. The van der Waals surface area contributed by atoms with Crippen LogP contribution in [0.5, 0.6) is 0 Å². The number of rotatable bonds is 9. The Hall–Kier alpha value is -3.48. The summed E-state index contributed by atoms with van der Waals surface area (Å²) < 4.78 is 46.4. The molecule has 0 aromatic heterocycles. The molecule has 0 bridgehead atoms. The molecular formula is C27H24N2O6S3. The van der Waals surface area contributed by atoms with Gasteiger partial charge in [-0.25, -0.2) is 21.8 Å². The fourth-order valence-corrected chi connectivity index (χ4v) is 5.81. The van der Waals surface area contributed by atoms with Crippen molar-refractivity contribution in [3.63, 3.8) is 0 Å². The van der Waals surface area contributed by atoms with Crippen molar-refractivity contribution in [3.8, 4) is 0 Å². The number of carboxylic acids is 1. The molecule has 0 saturated heterocycles. The minimum absolute atomic E-state index is 0.0843. The molecular weight excluding hydrogens is 545 g/mol. The number of aromatic carboxylic acids is 1. The van der Waals surface area contributed by atoms with Gasteiger partial charge in [0.25, 0.3) is 22.5 Å². The van der Waals surface area contributed by atoms with Crippen molar-refractivity contribution in [1.29, 1.82) is 0 Å². The van der Waals surface area contributed by atoms with Crippen molar-refractivity contribution >= 4 is 63.0 Å². The highest BCUT2D eigenvalue weighted by Gasteiger charge is 2.23. The molecule has 0 amide bonds. The van der Waals surface area contributed by atoms with E-state index in [-0.39, 0.29) is 11.3 Å². The van der Waals surface area contributed by atoms with Gasteiger partial charge in [-0.2, -0.15) is 0 Å². The number of nitrogens with zero attached hydrogens (tertiary/aromatic N) is 2. The first-order valence-corrected chi connectivity index (χ1v) is 14.2. The maximum Gasteiger partial charge on any atom is 0.337 e. The minimum atomic E-state index is -2.50. The first-order chi connectivity index (χ1) is 18.1. The van der Waals surface area contributed by atoms with Gasteiger partial charge in [0.2, 0.25) is 0 Å². The zero-order chi connectivity index (χ0) is 27.4. The van der Waals surface area contributed by atoms with Gasteiger partial charge < -0.3 is 5.11 Å². The van der Waals surface area contributed by atoms with Crippen molar-refractivity contribution in [2.24, 2.45) is 0 Å². The summed E-state index contributed by atoms with van der Waals surface area (Å²) in [5, 5.41) is 9.88. The second kappa shape index (κ2) is 11.9. The quantitative estimate of drug-likeness (QED) is 0.192. The molecule has 0 aliphatic heterocycles. The van der Waals surface area contributed by atoms with Crippen molar-refractivity contribution in [1.82, 2.24) is 0 Å². The third-order valence-corrected chi connectivity index (χ3v) is 8.02. The SMILES string of the molecule is Cc1ccc(N(c2ccc(Sc3ccc(N(c4ccc(C)cc4)S(=O)O)c(C(=O)O)c3)cc2)S(=O)O)cc1. The van der Waals surface area contributed by atoms with E-state index in [9.17, 15) is 27.4 Å². The third-order valence-electron chi connectivity index (χ3n) is 5.57. The lowest BCUT2D eigenvalue weighted by molar-refractivity contribution is 0.0697. The van der Waals surface area contributed by atoms with Crippen LogP contribution in [0.25, 0.3) is 0 Å². The number of hydrogen-bond acceptors (Lipinski definition) is 4. The number of anilines is 4. The molecule has 0 spiro atoms. The molecule has 4 rings (SSSR count). The normalized spacial score (nSPS) is 12.5. The largest absolute Gasteiger partial charge is 0.478 e. The molecule has 4 aromatic carbocycles. The highest BCUT2D eigenvalue weighted by atomic mass is 32.2. The Morgan fingerprint density at radius 2 is 1.08 bits per heavy atom. The number of benzene rings is 4. The number of carbonyl (C=O) groups is 1. The first-order valence-electron chi connectivity index (χ1n) is 11.2. The Morgan fingerprint density at radius 3 is 1.53 bits per heavy atom. The van der Waals surface area contributed by atoms with E-state index in [1.165, 1.54) is 28.2 Å². The summed E-state index contributed by atoms with van der Waals surface area (Å²) >= 11 is -3.49.